The molecule has 16 heavy (non-hydrogen) atoms. The van der Waals surface area contributed by atoms with Crippen molar-refractivity contribution in [3.63, 3.8) is 0 Å². The number of hydrogen-bond acceptors (Lipinski definition) is 4. The Labute approximate surface area is 94.6 Å². The van der Waals surface area contributed by atoms with Crippen LogP contribution in [0, 0.1) is 6.92 Å². The van der Waals surface area contributed by atoms with E-state index >= 15 is 0 Å². The van der Waals surface area contributed by atoms with E-state index in [9.17, 15) is 13.2 Å². The normalized spacial score (nSPS) is 10.9. The molecule has 1 rings (SSSR count). The topological polar surface area (TPSA) is 72.5 Å². The van der Waals surface area contributed by atoms with Gasteiger partial charge in [0.15, 0.2) is 0 Å². The average Bonchev–Trinajstić information content (AvgIpc) is 2.06. The summed E-state index contributed by atoms with van der Waals surface area (Å²) in [6.07, 6.45) is 0.980. The Kier molecular flexibility index (Phi) is 3.54. The second kappa shape index (κ2) is 4.52. The minimum atomic E-state index is -3.52. The van der Waals surface area contributed by atoms with Crippen LogP contribution in [0.5, 0.6) is 5.75 Å². The molecule has 1 amide bonds. The van der Waals surface area contributed by atoms with E-state index in [0.717, 1.165) is 6.26 Å². The second-order valence-corrected chi connectivity index (χ2v) is 5.02. The average molecular weight is 243 g/mol. The van der Waals surface area contributed by atoms with Gasteiger partial charge in [0, 0.05) is 12.6 Å². The van der Waals surface area contributed by atoms with E-state index in [0.29, 0.717) is 11.3 Å². The highest BCUT2D eigenvalue weighted by Crippen LogP contribution is 2.22. The molecule has 0 spiro atoms. The Morgan fingerprint density at radius 2 is 2.00 bits per heavy atom. The van der Waals surface area contributed by atoms with Crippen LogP contribution in [0.4, 0.5) is 5.69 Å². The minimum absolute atomic E-state index is 0.184. The third kappa shape index (κ3) is 3.90. The zero-order valence-electron chi connectivity index (χ0n) is 9.27. The molecule has 0 aliphatic rings. The van der Waals surface area contributed by atoms with Crippen LogP contribution in [0.15, 0.2) is 18.2 Å². The largest absolute Gasteiger partial charge is 0.382 e. The Balaban J connectivity index is 2.96. The maximum Gasteiger partial charge on any atom is 0.306 e. The summed E-state index contributed by atoms with van der Waals surface area (Å²) in [5.41, 5.74) is 1.24. The van der Waals surface area contributed by atoms with E-state index in [1.807, 2.05) is 0 Å². The van der Waals surface area contributed by atoms with Crippen molar-refractivity contribution in [2.45, 2.75) is 13.8 Å². The molecule has 88 valence electrons. The van der Waals surface area contributed by atoms with E-state index in [1.54, 1.807) is 19.1 Å². The number of nitrogens with one attached hydrogen (secondary N) is 1. The van der Waals surface area contributed by atoms with Gasteiger partial charge in [0.25, 0.3) is 0 Å². The molecule has 5 nitrogen and oxygen atoms in total. The predicted molar refractivity (Wildman–Crippen MR) is 61.0 cm³/mol. The summed E-state index contributed by atoms with van der Waals surface area (Å²) in [4.78, 5) is 10.8. The van der Waals surface area contributed by atoms with Gasteiger partial charge in [0.1, 0.15) is 5.75 Å². The van der Waals surface area contributed by atoms with Crippen LogP contribution in [0.2, 0.25) is 0 Å². The standard InChI is InChI=1S/C10H13NO4S/c1-7-6-9(11-8(2)12)4-5-10(7)15-16(3,13)14/h4-6H,1-3H3,(H,11,12). The first-order valence-electron chi connectivity index (χ1n) is 4.55. The van der Waals surface area contributed by atoms with Crippen LogP contribution in [0.3, 0.4) is 0 Å². The number of amides is 1. The van der Waals surface area contributed by atoms with Crippen molar-refractivity contribution >= 4 is 21.7 Å². The van der Waals surface area contributed by atoms with E-state index in [2.05, 4.69) is 5.32 Å². The number of carbonyl (C=O) groups is 1. The molecule has 0 saturated heterocycles. The zero-order valence-corrected chi connectivity index (χ0v) is 10.1. The molecule has 0 aliphatic heterocycles. The molecule has 0 radical (unpaired) electrons. The Bertz CT molecular complexity index is 508. The Morgan fingerprint density at radius 3 is 2.44 bits per heavy atom. The quantitative estimate of drug-likeness (QED) is 0.812. The summed E-state index contributed by atoms with van der Waals surface area (Å²) < 4.78 is 26.6. The van der Waals surface area contributed by atoms with Crippen LogP contribution in [0.25, 0.3) is 0 Å². The van der Waals surface area contributed by atoms with Gasteiger partial charge in [0.2, 0.25) is 5.91 Å². The number of aryl methyl sites for hydroxylation is 1. The van der Waals surface area contributed by atoms with Gasteiger partial charge in [-0.15, -0.1) is 0 Å². The molecule has 0 fully saturated rings. The van der Waals surface area contributed by atoms with Crippen molar-refractivity contribution in [2.75, 3.05) is 11.6 Å². The lowest BCUT2D eigenvalue weighted by Gasteiger charge is -2.08. The summed E-state index contributed by atoms with van der Waals surface area (Å²) in [5, 5.41) is 2.59. The fourth-order valence-corrected chi connectivity index (χ4v) is 1.70. The molecule has 0 unspecified atom stereocenters. The van der Waals surface area contributed by atoms with Crippen LogP contribution in [-0.4, -0.2) is 20.6 Å². The molecule has 0 aromatic heterocycles. The van der Waals surface area contributed by atoms with Crippen molar-refractivity contribution in [2.24, 2.45) is 0 Å². The van der Waals surface area contributed by atoms with E-state index in [1.165, 1.54) is 13.0 Å². The molecule has 0 aliphatic carbocycles. The lowest BCUT2D eigenvalue weighted by Crippen LogP contribution is -2.08. The first kappa shape index (κ1) is 12.5. The summed E-state index contributed by atoms with van der Waals surface area (Å²) in [7, 11) is -3.52. The van der Waals surface area contributed by atoms with Gasteiger partial charge in [-0.3, -0.25) is 4.79 Å². The molecule has 6 heteroatoms. The first-order chi connectivity index (χ1) is 7.28. The number of rotatable bonds is 3. The van der Waals surface area contributed by atoms with Crippen molar-refractivity contribution in [1.82, 2.24) is 0 Å². The third-order valence-corrected chi connectivity index (χ3v) is 2.22. The molecule has 1 N–H and O–H groups in total. The van der Waals surface area contributed by atoms with Gasteiger partial charge < -0.3 is 9.50 Å². The highest BCUT2D eigenvalue weighted by molar-refractivity contribution is 7.86. The predicted octanol–water partition coefficient (Wildman–Crippen LogP) is 1.29. The van der Waals surface area contributed by atoms with E-state index < -0.39 is 10.1 Å². The molecule has 1 aromatic rings. The molecular formula is C10H13NO4S. The molecule has 0 bridgehead atoms. The first-order valence-corrected chi connectivity index (χ1v) is 6.37. The highest BCUT2D eigenvalue weighted by atomic mass is 32.2. The Hall–Kier alpha value is -1.56. The van der Waals surface area contributed by atoms with Gasteiger partial charge >= 0.3 is 10.1 Å². The smallest absolute Gasteiger partial charge is 0.306 e. The van der Waals surface area contributed by atoms with Crippen molar-refractivity contribution in [3.05, 3.63) is 23.8 Å². The number of benzene rings is 1. The summed E-state index contributed by atoms with van der Waals surface area (Å²) in [6.45, 7) is 3.10. The highest BCUT2D eigenvalue weighted by Gasteiger charge is 2.08. The van der Waals surface area contributed by atoms with Crippen LogP contribution < -0.4 is 9.50 Å². The number of hydrogen-bond donors (Lipinski definition) is 1. The molecule has 0 atom stereocenters. The van der Waals surface area contributed by atoms with Crippen molar-refractivity contribution in [3.8, 4) is 5.75 Å². The fraction of sp³-hybridized carbons (Fsp3) is 0.300. The molecule has 1 aromatic carbocycles. The maximum absolute atomic E-state index is 10.9. The van der Waals surface area contributed by atoms with Crippen LogP contribution in [0.1, 0.15) is 12.5 Å². The maximum atomic E-state index is 10.9. The van der Waals surface area contributed by atoms with Gasteiger partial charge in [-0.2, -0.15) is 8.42 Å². The van der Waals surface area contributed by atoms with E-state index in [4.69, 9.17) is 4.18 Å². The van der Waals surface area contributed by atoms with E-state index in [-0.39, 0.29) is 11.7 Å². The van der Waals surface area contributed by atoms with Crippen LogP contribution >= 0.6 is 0 Å². The third-order valence-electron chi connectivity index (χ3n) is 1.74. The lowest BCUT2D eigenvalue weighted by molar-refractivity contribution is -0.114. The summed E-state index contributed by atoms with van der Waals surface area (Å²) in [5.74, 6) is 0.0767. The Morgan fingerprint density at radius 1 is 1.38 bits per heavy atom. The fourth-order valence-electron chi connectivity index (χ4n) is 1.19. The van der Waals surface area contributed by atoms with Gasteiger partial charge in [-0.1, -0.05) is 0 Å². The van der Waals surface area contributed by atoms with Gasteiger partial charge in [-0.05, 0) is 30.7 Å². The van der Waals surface area contributed by atoms with Gasteiger partial charge in [-0.25, -0.2) is 0 Å². The van der Waals surface area contributed by atoms with Crippen molar-refractivity contribution < 1.29 is 17.4 Å². The van der Waals surface area contributed by atoms with Crippen LogP contribution in [-0.2, 0) is 14.9 Å². The molecule has 0 heterocycles. The lowest BCUT2D eigenvalue weighted by atomic mass is 10.2. The van der Waals surface area contributed by atoms with Gasteiger partial charge in [0.05, 0.1) is 6.26 Å². The molecular weight excluding hydrogens is 230 g/mol. The zero-order chi connectivity index (χ0) is 12.3. The second-order valence-electron chi connectivity index (χ2n) is 3.45. The monoisotopic (exact) mass is 243 g/mol. The SMILES string of the molecule is CC(=O)Nc1ccc(OS(C)(=O)=O)c(C)c1. The minimum Gasteiger partial charge on any atom is -0.382 e. The summed E-state index contributed by atoms with van der Waals surface area (Å²) >= 11 is 0. The summed E-state index contributed by atoms with van der Waals surface area (Å²) in [6, 6.07) is 4.72. The molecule has 0 saturated carbocycles. The van der Waals surface area contributed by atoms with Crippen molar-refractivity contribution in [1.29, 1.82) is 0 Å². The number of carbonyl (C=O) groups excluding carboxylic acids is 1. The number of anilines is 1.